The summed E-state index contributed by atoms with van der Waals surface area (Å²) in [6.07, 6.45) is 11.8. The van der Waals surface area contributed by atoms with Gasteiger partial charge in [0.05, 0.1) is 6.61 Å². The summed E-state index contributed by atoms with van der Waals surface area (Å²) in [7, 11) is -4.47. The smallest absolute Gasteiger partial charge is 0.334 e. The zero-order valence-electron chi connectivity index (χ0n) is 17.5. The first-order valence-electron chi connectivity index (χ1n) is 10.5. The number of amides is 1. The molecule has 28 heavy (non-hydrogen) atoms. The molecule has 0 aliphatic heterocycles. The molecule has 9 heteroatoms. The van der Waals surface area contributed by atoms with Crippen LogP contribution in [0.1, 0.15) is 90.9 Å². The molecular formula is C19H39N2O6P. The van der Waals surface area contributed by atoms with E-state index < -0.39 is 14.0 Å². The van der Waals surface area contributed by atoms with Gasteiger partial charge in [-0.15, -0.1) is 0 Å². The van der Waals surface area contributed by atoms with Crippen molar-refractivity contribution in [2.24, 2.45) is 0 Å². The van der Waals surface area contributed by atoms with E-state index in [0.717, 1.165) is 19.3 Å². The number of carbonyl (C=O) groups is 2. The molecule has 1 unspecified atom stereocenters. The molecule has 0 bridgehead atoms. The molecule has 8 nitrogen and oxygen atoms in total. The molecule has 0 heterocycles. The molecule has 4 N–H and O–H groups in total. The van der Waals surface area contributed by atoms with Gasteiger partial charge in [-0.25, -0.2) is 4.57 Å². The maximum absolute atomic E-state index is 12.3. The number of nitrogens with one attached hydrogen (secondary N) is 2. The van der Waals surface area contributed by atoms with E-state index in [0.29, 0.717) is 19.4 Å². The summed E-state index contributed by atoms with van der Waals surface area (Å²) < 4.78 is 14.9. The van der Waals surface area contributed by atoms with Crippen LogP contribution in [0.2, 0.25) is 0 Å². The molecule has 0 aliphatic rings. The third-order valence-corrected chi connectivity index (χ3v) is 4.89. The van der Waals surface area contributed by atoms with E-state index in [-0.39, 0.29) is 18.3 Å². The zero-order chi connectivity index (χ0) is 21.3. The highest BCUT2D eigenvalue weighted by Gasteiger charge is 2.18. The van der Waals surface area contributed by atoms with Crippen molar-refractivity contribution in [1.82, 2.24) is 10.6 Å². The highest BCUT2D eigenvalue weighted by molar-refractivity contribution is 7.46. The topological polar surface area (TPSA) is 125 Å². The molecular weight excluding hydrogens is 383 g/mol. The molecule has 0 aliphatic carbocycles. The first-order valence-corrected chi connectivity index (χ1v) is 12.0. The van der Waals surface area contributed by atoms with Crippen LogP contribution in [-0.4, -0.2) is 40.8 Å². The fourth-order valence-corrected chi connectivity index (χ4v) is 3.25. The monoisotopic (exact) mass is 422 g/mol. The molecule has 1 atom stereocenters. The number of phosphoric ester groups is 1. The minimum Gasteiger partial charge on any atom is -0.334 e. The Bertz CT molecular complexity index is 469. The van der Waals surface area contributed by atoms with Crippen molar-refractivity contribution in [2.75, 3.05) is 13.2 Å². The maximum Gasteiger partial charge on any atom is 0.469 e. The number of unbranched alkanes of at least 4 members (excludes halogenated alkanes) is 9. The summed E-state index contributed by atoms with van der Waals surface area (Å²) in [6, 6.07) is 0. The quantitative estimate of drug-likeness (QED) is 0.143. The lowest BCUT2D eigenvalue weighted by Crippen LogP contribution is -2.50. The number of ketones is 1. The van der Waals surface area contributed by atoms with Gasteiger partial charge in [-0.05, 0) is 19.4 Å². The van der Waals surface area contributed by atoms with E-state index in [1.165, 1.54) is 51.9 Å². The van der Waals surface area contributed by atoms with Gasteiger partial charge >= 0.3 is 7.82 Å². The Morgan fingerprint density at radius 3 is 1.96 bits per heavy atom. The predicted octanol–water partition coefficient (Wildman–Crippen LogP) is 3.42. The Morgan fingerprint density at radius 1 is 0.929 bits per heavy atom. The van der Waals surface area contributed by atoms with Crippen LogP contribution >= 0.6 is 7.82 Å². The van der Waals surface area contributed by atoms with Crippen LogP contribution in [0.25, 0.3) is 0 Å². The fourth-order valence-electron chi connectivity index (χ4n) is 2.88. The van der Waals surface area contributed by atoms with Crippen LogP contribution in [0.15, 0.2) is 0 Å². The van der Waals surface area contributed by atoms with Crippen LogP contribution < -0.4 is 10.6 Å². The average Bonchev–Trinajstić information content (AvgIpc) is 2.60. The van der Waals surface area contributed by atoms with Crippen molar-refractivity contribution in [2.45, 2.75) is 97.1 Å². The van der Waals surface area contributed by atoms with Gasteiger partial charge in [0.2, 0.25) is 5.91 Å². The van der Waals surface area contributed by atoms with Gasteiger partial charge < -0.3 is 15.1 Å². The van der Waals surface area contributed by atoms with E-state index in [1.54, 1.807) is 0 Å². The maximum atomic E-state index is 12.3. The third-order valence-electron chi connectivity index (χ3n) is 4.38. The lowest BCUT2D eigenvalue weighted by atomic mass is 10.0. The molecule has 1 amide bonds. The van der Waals surface area contributed by atoms with E-state index in [1.807, 2.05) is 0 Å². The molecule has 166 valence electrons. The summed E-state index contributed by atoms with van der Waals surface area (Å²) in [4.78, 5) is 40.8. The molecule has 0 aromatic carbocycles. The highest BCUT2D eigenvalue weighted by atomic mass is 31.2. The van der Waals surface area contributed by atoms with Crippen LogP contribution in [0, 0.1) is 0 Å². The third kappa shape index (κ3) is 18.6. The standard InChI is InChI=1S/C19H39N2O6P/c1-3-4-5-6-7-8-9-10-11-12-14-18(23)19(21-17(2)22)20-15-13-16-27-28(24,25)26/h19-20H,3-16H2,1-2H3,(H,21,22)(H2,24,25,26). The van der Waals surface area contributed by atoms with Crippen LogP contribution in [0.3, 0.4) is 0 Å². The summed E-state index contributed by atoms with van der Waals surface area (Å²) in [5.41, 5.74) is 0. The first-order chi connectivity index (χ1) is 13.3. The van der Waals surface area contributed by atoms with Crippen LogP contribution in [0.4, 0.5) is 0 Å². The molecule has 0 spiro atoms. The number of rotatable bonds is 19. The van der Waals surface area contributed by atoms with E-state index in [9.17, 15) is 14.2 Å². The summed E-state index contributed by atoms with van der Waals surface area (Å²) in [6.45, 7) is 3.74. The van der Waals surface area contributed by atoms with E-state index >= 15 is 0 Å². The van der Waals surface area contributed by atoms with Crippen LogP contribution in [0.5, 0.6) is 0 Å². The Kier molecular flexibility index (Phi) is 16.6. The van der Waals surface area contributed by atoms with Crippen molar-refractivity contribution in [3.63, 3.8) is 0 Å². The second kappa shape index (κ2) is 17.1. The Hall–Kier alpha value is -0.790. The molecule has 0 fully saturated rings. The number of Topliss-reactive ketones (excluding diaryl/α,β-unsaturated/α-hetero) is 1. The van der Waals surface area contributed by atoms with E-state index in [4.69, 9.17) is 9.79 Å². The van der Waals surface area contributed by atoms with Gasteiger partial charge in [0.25, 0.3) is 0 Å². The van der Waals surface area contributed by atoms with Crippen molar-refractivity contribution >= 4 is 19.5 Å². The van der Waals surface area contributed by atoms with Gasteiger partial charge in [-0.2, -0.15) is 0 Å². The summed E-state index contributed by atoms with van der Waals surface area (Å²) in [5, 5.41) is 5.49. The Morgan fingerprint density at radius 2 is 1.46 bits per heavy atom. The van der Waals surface area contributed by atoms with E-state index in [2.05, 4.69) is 22.1 Å². The van der Waals surface area contributed by atoms with Gasteiger partial charge in [0.1, 0.15) is 6.17 Å². The number of hydrogen-bond donors (Lipinski definition) is 4. The van der Waals surface area contributed by atoms with Gasteiger partial charge in [-0.3, -0.25) is 19.4 Å². The van der Waals surface area contributed by atoms with Gasteiger partial charge in [-0.1, -0.05) is 64.7 Å². The van der Waals surface area contributed by atoms with Crippen molar-refractivity contribution < 1.29 is 28.5 Å². The normalized spacial score (nSPS) is 12.7. The number of hydrogen-bond acceptors (Lipinski definition) is 5. The van der Waals surface area contributed by atoms with Crippen molar-refractivity contribution in [3.8, 4) is 0 Å². The summed E-state index contributed by atoms with van der Waals surface area (Å²) in [5.74, 6) is -0.383. The zero-order valence-corrected chi connectivity index (χ0v) is 18.3. The van der Waals surface area contributed by atoms with Crippen molar-refractivity contribution in [3.05, 3.63) is 0 Å². The molecule has 0 rings (SSSR count). The number of carbonyl (C=O) groups excluding carboxylic acids is 2. The van der Waals surface area contributed by atoms with Gasteiger partial charge in [0, 0.05) is 13.3 Å². The molecule has 0 saturated carbocycles. The lowest BCUT2D eigenvalue weighted by Gasteiger charge is -2.18. The lowest BCUT2D eigenvalue weighted by molar-refractivity contribution is -0.127. The first kappa shape index (κ1) is 27.2. The minimum atomic E-state index is -4.47. The summed E-state index contributed by atoms with van der Waals surface area (Å²) >= 11 is 0. The Labute approximate surface area is 169 Å². The van der Waals surface area contributed by atoms with Crippen molar-refractivity contribution in [1.29, 1.82) is 0 Å². The average molecular weight is 423 g/mol. The van der Waals surface area contributed by atoms with Gasteiger partial charge in [0.15, 0.2) is 5.78 Å². The molecule has 0 aromatic heterocycles. The fraction of sp³-hybridized carbons (Fsp3) is 0.895. The highest BCUT2D eigenvalue weighted by Crippen LogP contribution is 2.35. The SMILES string of the molecule is CCCCCCCCCCCCC(=O)C(NCCCOP(=O)(O)O)NC(C)=O. The largest absolute Gasteiger partial charge is 0.469 e. The minimum absolute atomic E-state index is 0.0781. The second-order valence-corrected chi connectivity index (χ2v) is 8.40. The molecule has 0 saturated heterocycles. The molecule has 0 aromatic rings. The van der Waals surface area contributed by atoms with Crippen LogP contribution in [-0.2, 0) is 18.7 Å². The second-order valence-electron chi connectivity index (χ2n) is 7.16. The number of phosphoric acid groups is 1. The molecule has 0 radical (unpaired) electrons. The predicted molar refractivity (Wildman–Crippen MR) is 110 cm³/mol. The Balaban J connectivity index is 3.88.